The first-order valence-corrected chi connectivity index (χ1v) is 29.4. The highest BCUT2D eigenvalue weighted by Crippen LogP contribution is 2.32. The van der Waals surface area contributed by atoms with Crippen molar-refractivity contribution in [1.29, 1.82) is 0 Å². The number of nitrogens with zero attached hydrogens (tertiary/aromatic N) is 2. The van der Waals surface area contributed by atoms with Crippen LogP contribution in [0.4, 0.5) is 0 Å². The Balaban J connectivity index is 0.000000203. The lowest BCUT2D eigenvalue weighted by Crippen LogP contribution is -2.28. The number of nitrogens with one attached hydrogen (secondary N) is 2. The number of amides is 2. The van der Waals surface area contributed by atoms with E-state index in [1.165, 1.54) is 5.56 Å². The number of para-hydroxylation sites is 1. The molecule has 2 amide bonds. The van der Waals surface area contributed by atoms with E-state index < -0.39 is 5.60 Å². The lowest BCUT2D eigenvalue weighted by Gasteiger charge is -2.22. The minimum atomic E-state index is -0.568. The van der Waals surface area contributed by atoms with Crippen molar-refractivity contribution < 1.29 is 38.4 Å². The van der Waals surface area contributed by atoms with Gasteiger partial charge in [0.15, 0.2) is 0 Å². The molecule has 0 spiro atoms. The fraction of sp³-hybridized carbons (Fsp3) is 0.222. The van der Waals surface area contributed by atoms with E-state index in [-0.39, 0.29) is 41.4 Å². The van der Waals surface area contributed by atoms with E-state index in [1.807, 2.05) is 191 Å². The van der Waals surface area contributed by atoms with Crippen molar-refractivity contribution in [3.8, 4) is 16.9 Å². The van der Waals surface area contributed by atoms with Crippen LogP contribution in [0.3, 0.4) is 0 Å². The van der Waals surface area contributed by atoms with E-state index in [9.17, 15) is 14.4 Å². The predicted molar refractivity (Wildman–Crippen MR) is 346 cm³/mol. The van der Waals surface area contributed by atoms with E-state index in [1.54, 1.807) is 0 Å². The van der Waals surface area contributed by atoms with E-state index in [4.69, 9.17) is 24.0 Å². The summed E-state index contributed by atoms with van der Waals surface area (Å²) in [6.07, 6.45) is 6.04. The summed E-state index contributed by atoms with van der Waals surface area (Å²) in [5, 5.41) is 17.0. The third-order valence-corrected chi connectivity index (χ3v) is 14.6. The molecule has 439 valence electrons. The first kappa shape index (κ1) is 64.5. The molecule has 2 aromatic heterocycles. The fourth-order valence-corrected chi connectivity index (χ4v) is 10.5. The lowest BCUT2D eigenvalue weighted by atomic mass is 9.86. The summed E-state index contributed by atoms with van der Waals surface area (Å²) in [6, 6.07) is 67.8. The Hall–Kier alpha value is -9.07. The van der Waals surface area contributed by atoms with Crippen molar-refractivity contribution in [2.24, 2.45) is 0 Å². The fourth-order valence-electron chi connectivity index (χ4n) is 10.0. The quantitative estimate of drug-likeness (QED) is 0.0637. The first-order chi connectivity index (χ1) is 41.3. The standard InChI is InChI=1S/C36H36N2O3.C25H23BrN2O.C10H14BO2.CO2/c1-5-32(26-13-7-6-8-14-26)37-34(39)29-18-19-33-28(23-29)20-21-38(33)24-25-12-11-15-27(22-25)30-16-9-10-17-31(30)35(40)41-36(2,3)4;1-2-23(19-8-4-3-5-9-19)27-25(29)21-11-12-24-20(16-21)13-14-28(24)17-18-7-6-10-22(26)15-18;1-10(2,3)8-6-4-5-7-9(8)13-11-12;2-1-3/h6-23,32H,5,24H2,1-4H3,(H,37,39);3-16,23H,2,17H2,1H3,(H,27,29);4-7,12H,1-3H3;. The maximum Gasteiger partial charge on any atom is 0.569 e. The molecule has 2 unspecified atom stereocenters. The first-order valence-electron chi connectivity index (χ1n) is 28.6. The van der Waals surface area contributed by atoms with Gasteiger partial charge >= 0.3 is 19.8 Å². The van der Waals surface area contributed by atoms with Gasteiger partial charge in [-0.05, 0) is 157 Å². The van der Waals surface area contributed by atoms with E-state index in [2.05, 4.69) is 119 Å². The van der Waals surface area contributed by atoms with E-state index in [0.29, 0.717) is 36.7 Å². The molecule has 0 aliphatic carbocycles. The van der Waals surface area contributed by atoms with Gasteiger partial charge in [0.2, 0.25) is 0 Å². The molecular weight excluding hydrogens is 1140 g/mol. The molecule has 8 aromatic carbocycles. The Morgan fingerprint density at radius 3 is 1.53 bits per heavy atom. The monoisotopic (exact) mass is 1210 g/mol. The normalized spacial score (nSPS) is 11.7. The molecule has 0 saturated heterocycles. The second-order valence-corrected chi connectivity index (χ2v) is 23.5. The molecular formula is C72H73BBrN4O8. The molecule has 10 aromatic rings. The Bertz CT molecular complexity index is 3900. The van der Waals surface area contributed by atoms with Crippen LogP contribution >= 0.6 is 15.9 Å². The minimum Gasteiger partial charge on any atom is -0.537 e. The van der Waals surface area contributed by atoms with Gasteiger partial charge in [-0.2, -0.15) is 9.59 Å². The number of carbonyl (C=O) groups excluding carboxylic acids is 5. The molecule has 0 aliphatic rings. The summed E-state index contributed by atoms with van der Waals surface area (Å²) in [5.41, 5.74) is 11.0. The molecule has 0 aliphatic heterocycles. The highest BCUT2D eigenvalue weighted by atomic mass is 79.9. The second-order valence-electron chi connectivity index (χ2n) is 22.6. The third kappa shape index (κ3) is 18.0. The van der Waals surface area contributed by atoms with Crippen LogP contribution in [0.25, 0.3) is 32.9 Å². The van der Waals surface area contributed by atoms with Gasteiger partial charge in [0.25, 0.3) is 11.8 Å². The molecule has 14 heteroatoms. The topological polar surface area (TPSA) is 158 Å². The number of carbonyl (C=O) groups is 3. The summed E-state index contributed by atoms with van der Waals surface area (Å²) in [4.78, 5) is 55.1. The molecule has 0 saturated carbocycles. The van der Waals surface area contributed by atoms with Crippen LogP contribution in [0.1, 0.15) is 139 Å². The van der Waals surface area contributed by atoms with Gasteiger partial charge in [-0.1, -0.05) is 178 Å². The van der Waals surface area contributed by atoms with Gasteiger partial charge in [-0.3, -0.25) is 9.59 Å². The Kier molecular flexibility index (Phi) is 23.0. The Morgan fingerprint density at radius 2 is 1.05 bits per heavy atom. The average molecular weight is 1210 g/mol. The van der Waals surface area contributed by atoms with Crippen LogP contribution in [-0.2, 0) is 32.8 Å². The van der Waals surface area contributed by atoms with Crippen LogP contribution in [0.5, 0.6) is 5.75 Å². The SMILES string of the molecule is CC(C)(C)c1ccccc1O[B]O.CCC(NC(=O)c1ccc2c(ccn2Cc2cccc(-c3ccccc3C(=O)OC(C)(C)C)c2)c1)c1ccccc1.CCC(NC(=O)c1ccc2c(ccn2Cc2cccc(Br)c2)c1)c1ccccc1.O=C=O. The highest BCUT2D eigenvalue weighted by Gasteiger charge is 2.22. The zero-order valence-corrected chi connectivity index (χ0v) is 51.5. The molecule has 12 nitrogen and oxygen atoms in total. The van der Waals surface area contributed by atoms with Crippen molar-refractivity contribution in [1.82, 2.24) is 19.8 Å². The van der Waals surface area contributed by atoms with E-state index in [0.717, 1.165) is 79.0 Å². The van der Waals surface area contributed by atoms with Gasteiger partial charge in [-0.25, -0.2) is 4.79 Å². The number of aromatic nitrogens is 2. The number of fused-ring (bicyclic) bond motifs is 2. The number of hydrogen-bond donors (Lipinski definition) is 3. The average Bonchev–Trinajstić information content (AvgIpc) is 4.12. The van der Waals surface area contributed by atoms with Crippen molar-refractivity contribution in [3.63, 3.8) is 0 Å². The number of ether oxygens (including phenoxy) is 1. The molecule has 3 N–H and O–H groups in total. The number of esters is 1. The third-order valence-electron chi connectivity index (χ3n) is 14.2. The largest absolute Gasteiger partial charge is 0.569 e. The summed E-state index contributed by atoms with van der Waals surface area (Å²) in [5.74, 6) is 0.260. The molecule has 2 atom stereocenters. The van der Waals surface area contributed by atoms with Crippen LogP contribution in [-0.4, -0.2) is 51.4 Å². The minimum absolute atomic E-state index is 0.0144. The molecule has 0 bridgehead atoms. The maximum absolute atomic E-state index is 13.1. The van der Waals surface area contributed by atoms with Gasteiger partial charge in [0, 0.05) is 62.9 Å². The molecule has 86 heavy (non-hydrogen) atoms. The number of rotatable bonds is 16. The lowest BCUT2D eigenvalue weighted by molar-refractivity contribution is -0.191. The summed E-state index contributed by atoms with van der Waals surface area (Å²) >= 11 is 3.53. The second kappa shape index (κ2) is 30.7. The smallest absolute Gasteiger partial charge is 0.537 e. The Labute approximate surface area is 513 Å². The van der Waals surface area contributed by atoms with Gasteiger partial charge in [-0.15, -0.1) is 0 Å². The summed E-state index contributed by atoms with van der Waals surface area (Å²) in [6.45, 7) is 17.5. The predicted octanol–water partition coefficient (Wildman–Crippen LogP) is 15.8. The summed E-state index contributed by atoms with van der Waals surface area (Å²) in [7, 11) is 0.713. The van der Waals surface area contributed by atoms with Crippen molar-refractivity contribution in [2.75, 3.05) is 0 Å². The zero-order chi connectivity index (χ0) is 61.8. The zero-order valence-electron chi connectivity index (χ0n) is 49.9. The highest BCUT2D eigenvalue weighted by molar-refractivity contribution is 9.10. The summed E-state index contributed by atoms with van der Waals surface area (Å²) < 4.78 is 16.1. The molecule has 1 radical (unpaired) electrons. The molecule has 0 fully saturated rings. The van der Waals surface area contributed by atoms with Crippen molar-refractivity contribution in [2.45, 2.75) is 104 Å². The number of halogens is 1. The van der Waals surface area contributed by atoms with Crippen LogP contribution in [0.15, 0.2) is 223 Å². The van der Waals surface area contributed by atoms with Crippen LogP contribution in [0, 0.1) is 0 Å². The van der Waals surface area contributed by atoms with Crippen molar-refractivity contribution >= 4 is 69.4 Å². The van der Waals surface area contributed by atoms with Crippen molar-refractivity contribution in [3.05, 3.63) is 268 Å². The van der Waals surface area contributed by atoms with Crippen LogP contribution < -0.4 is 15.3 Å². The number of benzene rings is 8. The van der Waals surface area contributed by atoms with Gasteiger partial charge < -0.3 is 34.2 Å². The Morgan fingerprint density at radius 1 is 0.570 bits per heavy atom. The number of hydrogen-bond acceptors (Lipinski definition) is 8. The van der Waals surface area contributed by atoms with E-state index >= 15 is 0 Å². The van der Waals surface area contributed by atoms with Gasteiger partial charge in [0.1, 0.15) is 11.4 Å². The van der Waals surface area contributed by atoms with Gasteiger partial charge in [0.05, 0.1) is 17.6 Å². The maximum atomic E-state index is 13.1. The molecule has 2 heterocycles. The molecule has 10 rings (SSSR count). The van der Waals surface area contributed by atoms with Crippen LogP contribution in [0.2, 0.25) is 0 Å².